The van der Waals surface area contributed by atoms with Crippen LogP contribution in [0.25, 0.3) is 0 Å². The Morgan fingerprint density at radius 2 is 1.12 bits per heavy atom. The number of carbonyl (C=O) groups excluding carboxylic acids is 4. The second-order valence-corrected chi connectivity index (χ2v) is 25.2. The molecule has 0 aromatic rings. The van der Waals surface area contributed by atoms with Crippen LogP contribution in [0.1, 0.15) is 234 Å². The molecule has 0 bridgehead atoms. The zero-order chi connectivity index (χ0) is 47.4. The van der Waals surface area contributed by atoms with Crippen LogP contribution >= 0.6 is 0 Å². The topological polar surface area (TPSA) is 96.0 Å². The van der Waals surface area contributed by atoms with Gasteiger partial charge >= 0.3 is 11.9 Å². The molecule has 8 rings (SSSR count). The van der Waals surface area contributed by atoms with Crippen LogP contribution in [0.3, 0.4) is 0 Å². The number of carbonyl (C=O) groups is 4. The number of ketones is 2. The van der Waals surface area contributed by atoms with Crippen molar-refractivity contribution in [3.05, 3.63) is 23.3 Å². The molecule has 8 aliphatic rings. The molecule has 0 aromatic carbocycles. The number of allylic oxidation sites excluding steroid dienone is 2. The minimum Gasteiger partial charge on any atom is -0.462 e. The Balaban J connectivity index is 0.671. The minimum absolute atomic E-state index is 0.0244. The SMILES string of the molecule is CC(=O)O[C@H]1CC[C@H]2C3[C@H](CCCCCCCCCOCCCCCCCCC[C@@H]4CC5=CC(=O)CCC5[C@@]5(C)CC[C@]6(C)[C@@H](OC(C)=O)CC[C@@]6(C)[C@H]45)CC4=CC(=O)CCC4[C@H]3CC[C@]12C. The molecular weight excluding hydrogens is 833 g/mol. The minimum atomic E-state index is -0.132. The molecule has 8 aliphatic carbocycles. The first-order chi connectivity index (χ1) is 32.2. The third-order valence-corrected chi connectivity index (χ3v) is 21.5. The fourth-order valence-corrected chi connectivity index (χ4v) is 18.2. The molecule has 0 aliphatic heterocycles. The maximum Gasteiger partial charge on any atom is 0.302 e. The molecule has 6 fully saturated rings. The third-order valence-electron chi connectivity index (χ3n) is 21.5. The van der Waals surface area contributed by atoms with Crippen molar-refractivity contribution in [3.63, 3.8) is 0 Å². The van der Waals surface area contributed by atoms with Gasteiger partial charge < -0.3 is 14.2 Å². The summed E-state index contributed by atoms with van der Waals surface area (Å²) in [5, 5.41) is 0. The zero-order valence-electron chi connectivity index (χ0n) is 43.4. The van der Waals surface area contributed by atoms with E-state index in [2.05, 4.69) is 39.8 Å². The Bertz CT molecular complexity index is 1810. The number of rotatable bonds is 22. The first kappa shape index (κ1) is 51.1. The smallest absolute Gasteiger partial charge is 0.302 e. The van der Waals surface area contributed by atoms with Gasteiger partial charge in [-0.2, -0.15) is 0 Å². The predicted molar refractivity (Wildman–Crippen MR) is 267 cm³/mol. The van der Waals surface area contributed by atoms with Crippen molar-refractivity contribution in [2.45, 2.75) is 246 Å². The van der Waals surface area contributed by atoms with Gasteiger partial charge in [-0.25, -0.2) is 0 Å². The molecule has 6 saturated carbocycles. The predicted octanol–water partition coefficient (Wildman–Crippen LogP) is 14.6. The normalized spacial score (nSPS) is 39.8. The van der Waals surface area contributed by atoms with Crippen LogP contribution in [0.2, 0.25) is 0 Å². The number of esters is 2. The third kappa shape index (κ3) is 10.7. The van der Waals surface area contributed by atoms with Crippen molar-refractivity contribution in [1.29, 1.82) is 0 Å². The van der Waals surface area contributed by atoms with Gasteiger partial charge in [-0.3, -0.25) is 19.2 Å². The summed E-state index contributed by atoms with van der Waals surface area (Å²) in [5.74, 6) is 5.51. The first-order valence-corrected chi connectivity index (χ1v) is 28.6. The van der Waals surface area contributed by atoms with Gasteiger partial charge in [0.05, 0.1) is 0 Å². The largest absolute Gasteiger partial charge is 0.462 e. The molecule has 0 aromatic heterocycles. The highest BCUT2D eigenvalue weighted by Crippen LogP contribution is 2.74. The number of hydrogen-bond donors (Lipinski definition) is 0. The summed E-state index contributed by atoms with van der Waals surface area (Å²) in [6.07, 6.45) is 39.4. The van der Waals surface area contributed by atoms with Crippen molar-refractivity contribution in [1.82, 2.24) is 0 Å². The second kappa shape index (κ2) is 22.0. The molecule has 7 heteroatoms. The summed E-state index contributed by atoms with van der Waals surface area (Å²) in [5.41, 5.74) is 3.45. The molecule has 0 amide bonds. The van der Waals surface area contributed by atoms with Crippen molar-refractivity contribution in [2.24, 2.45) is 69.0 Å². The lowest BCUT2D eigenvalue weighted by molar-refractivity contribution is -0.187. The quantitative estimate of drug-likeness (QED) is 0.0788. The van der Waals surface area contributed by atoms with E-state index in [9.17, 15) is 19.2 Å². The molecule has 0 radical (unpaired) electrons. The zero-order valence-corrected chi connectivity index (χ0v) is 43.4. The van der Waals surface area contributed by atoms with Gasteiger partial charge in [0.2, 0.25) is 0 Å². The molecule has 376 valence electrons. The Morgan fingerprint density at radius 1 is 0.552 bits per heavy atom. The van der Waals surface area contributed by atoms with E-state index >= 15 is 0 Å². The van der Waals surface area contributed by atoms with Crippen LogP contribution in [0.5, 0.6) is 0 Å². The maximum absolute atomic E-state index is 12.7. The highest BCUT2D eigenvalue weighted by atomic mass is 16.5. The number of fused-ring (bicyclic) bond motifs is 10. The molecule has 14 atom stereocenters. The van der Waals surface area contributed by atoms with Crippen molar-refractivity contribution in [2.75, 3.05) is 13.2 Å². The van der Waals surface area contributed by atoms with Crippen molar-refractivity contribution < 1.29 is 33.4 Å². The van der Waals surface area contributed by atoms with Crippen LogP contribution in [-0.4, -0.2) is 48.9 Å². The Morgan fingerprint density at radius 3 is 1.78 bits per heavy atom. The Kier molecular flexibility index (Phi) is 16.8. The number of hydrogen-bond acceptors (Lipinski definition) is 7. The first-order valence-electron chi connectivity index (χ1n) is 28.6. The second-order valence-electron chi connectivity index (χ2n) is 25.2. The molecule has 0 heterocycles. The van der Waals surface area contributed by atoms with Gasteiger partial charge in [-0.1, -0.05) is 116 Å². The van der Waals surface area contributed by atoms with Crippen molar-refractivity contribution >= 4 is 23.5 Å². The molecule has 0 saturated heterocycles. The summed E-state index contributed by atoms with van der Waals surface area (Å²) >= 11 is 0. The van der Waals surface area contributed by atoms with E-state index in [1.54, 1.807) is 13.8 Å². The van der Waals surface area contributed by atoms with Crippen molar-refractivity contribution in [3.8, 4) is 0 Å². The monoisotopic (exact) mass is 927 g/mol. The van der Waals surface area contributed by atoms with E-state index in [-0.39, 0.29) is 45.8 Å². The Labute approximate surface area is 407 Å². The van der Waals surface area contributed by atoms with Gasteiger partial charge in [0.25, 0.3) is 0 Å². The number of ether oxygens (including phenoxy) is 3. The van der Waals surface area contributed by atoms with Gasteiger partial charge in [-0.15, -0.1) is 0 Å². The standard InChI is InChI=1S/C60H94O7/c1-41(61)66-53-28-27-52-55-43(37-45-39-47(63)23-25-49(45)50(55)29-31-57(52,53)3)21-17-13-9-7-11-15-19-35-65-36-20-16-12-8-10-14-18-22-44-38-46-40-48(64)24-26-51(46)58(4)33-34-59(5)54(67-42(2)62)30-32-60(59,6)56(44)58/h39-40,43-44,49-56H,7-38H2,1-6H3/t43-,44-,49?,50-,51?,52+,53+,54+,55?,56-,57+,58-,59-,60+/m1/s1. The molecule has 67 heavy (non-hydrogen) atoms. The van der Waals surface area contributed by atoms with E-state index in [1.165, 1.54) is 133 Å². The van der Waals surface area contributed by atoms with Crippen LogP contribution in [-0.2, 0) is 33.4 Å². The summed E-state index contributed by atoms with van der Waals surface area (Å²) in [7, 11) is 0. The Hall–Kier alpha value is -2.28. The lowest BCUT2D eigenvalue weighted by atomic mass is 9.38. The van der Waals surface area contributed by atoms with E-state index < -0.39 is 0 Å². The fraction of sp³-hybridized carbons (Fsp3) is 0.867. The molecular formula is C60H94O7. The van der Waals surface area contributed by atoms with Gasteiger partial charge in [-0.05, 0) is 173 Å². The molecule has 3 unspecified atom stereocenters. The summed E-state index contributed by atoms with van der Waals surface area (Å²) in [4.78, 5) is 49.4. The van der Waals surface area contributed by atoms with Crippen LogP contribution in [0, 0.1) is 69.0 Å². The summed E-state index contributed by atoms with van der Waals surface area (Å²) in [6, 6.07) is 0. The molecule has 0 spiro atoms. The lowest BCUT2D eigenvalue weighted by Gasteiger charge is -2.66. The summed E-state index contributed by atoms with van der Waals surface area (Å²) in [6.45, 7) is 15.0. The van der Waals surface area contributed by atoms with Crippen LogP contribution in [0.15, 0.2) is 23.3 Å². The van der Waals surface area contributed by atoms with Crippen LogP contribution < -0.4 is 0 Å². The van der Waals surface area contributed by atoms with E-state index in [1.807, 2.05) is 0 Å². The van der Waals surface area contributed by atoms with E-state index in [0.717, 1.165) is 77.4 Å². The van der Waals surface area contributed by atoms with E-state index in [4.69, 9.17) is 14.2 Å². The van der Waals surface area contributed by atoms with Gasteiger partial charge in [0.1, 0.15) is 12.2 Å². The average Bonchev–Trinajstić information content (AvgIpc) is 3.74. The molecule has 0 N–H and O–H groups in total. The maximum atomic E-state index is 12.7. The molecule has 7 nitrogen and oxygen atoms in total. The highest BCUT2D eigenvalue weighted by molar-refractivity contribution is 5.92. The van der Waals surface area contributed by atoms with Gasteiger partial charge in [0, 0.05) is 50.7 Å². The average molecular weight is 927 g/mol. The fourth-order valence-electron chi connectivity index (χ4n) is 18.2. The van der Waals surface area contributed by atoms with Gasteiger partial charge in [0.15, 0.2) is 11.6 Å². The van der Waals surface area contributed by atoms with E-state index in [0.29, 0.717) is 65.3 Å². The van der Waals surface area contributed by atoms with Crippen LogP contribution in [0.4, 0.5) is 0 Å². The lowest BCUT2D eigenvalue weighted by Crippen LogP contribution is -2.61. The highest BCUT2D eigenvalue weighted by Gasteiger charge is 2.69. The summed E-state index contributed by atoms with van der Waals surface area (Å²) < 4.78 is 18.1. The number of unbranched alkanes of at least 4 members (excludes halogenated alkanes) is 12.